The summed E-state index contributed by atoms with van der Waals surface area (Å²) in [5.41, 5.74) is 0.456. The van der Waals surface area contributed by atoms with Crippen molar-refractivity contribution in [1.29, 1.82) is 5.26 Å². The highest BCUT2D eigenvalue weighted by Gasteiger charge is 2.50. The van der Waals surface area contributed by atoms with Gasteiger partial charge >= 0.3 is 11.8 Å². The zero-order valence-corrected chi connectivity index (χ0v) is 17.8. The van der Waals surface area contributed by atoms with Gasteiger partial charge in [-0.25, -0.2) is 14.2 Å². The fraction of sp³-hybridized carbons (Fsp3) is 0.421. The van der Waals surface area contributed by atoms with Crippen LogP contribution in [0.15, 0.2) is 23.0 Å². The Bertz CT molecular complexity index is 1090. The first kappa shape index (κ1) is 18.9. The average molecular weight is 494 g/mol. The van der Waals surface area contributed by atoms with Crippen LogP contribution in [-0.4, -0.2) is 37.4 Å². The van der Waals surface area contributed by atoms with Gasteiger partial charge < -0.3 is 9.84 Å². The average Bonchev–Trinajstić information content (AvgIpc) is 3.25. The first-order chi connectivity index (χ1) is 13.1. The van der Waals surface area contributed by atoms with E-state index in [9.17, 15) is 14.7 Å². The number of carbonyl (C=O) groups excluding carboxylic acids is 1. The maximum atomic E-state index is 13.0. The zero-order valence-electron chi connectivity index (χ0n) is 15.6. The predicted octanol–water partition coefficient (Wildman–Crippen LogP) is 3.06. The van der Waals surface area contributed by atoms with E-state index in [4.69, 9.17) is 10.00 Å². The van der Waals surface area contributed by atoms with Crippen LogP contribution in [0, 0.1) is 14.9 Å². The molecule has 28 heavy (non-hydrogen) atoms. The smallest absolute Gasteiger partial charge is 0.410 e. The van der Waals surface area contributed by atoms with Gasteiger partial charge in [0.2, 0.25) is 5.88 Å². The first-order valence-corrected chi connectivity index (χ1v) is 9.96. The van der Waals surface area contributed by atoms with E-state index in [1.165, 1.54) is 4.57 Å². The highest BCUT2D eigenvalue weighted by molar-refractivity contribution is 14.1. The number of fused-ring (bicyclic) bond motifs is 5. The number of likely N-dealkylation sites (tertiary alicyclic amines) is 1. The number of aromatic hydroxyl groups is 1. The van der Waals surface area contributed by atoms with Crippen molar-refractivity contribution >= 4 is 28.7 Å². The second-order valence-corrected chi connectivity index (χ2v) is 9.17. The van der Waals surface area contributed by atoms with Crippen LogP contribution in [0.4, 0.5) is 4.79 Å². The molecule has 2 aromatic rings. The Hall–Kier alpha value is -2.48. The molecule has 1 aromatic heterocycles. The number of amides is 1. The van der Waals surface area contributed by atoms with Crippen LogP contribution in [-0.2, 0) is 4.74 Å². The molecule has 2 aliphatic rings. The molecule has 0 unspecified atom stereocenters. The van der Waals surface area contributed by atoms with E-state index in [-0.39, 0.29) is 17.6 Å². The van der Waals surface area contributed by atoms with Gasteiger partial charge in [0, 0.05) is 10.1 Å². The van der Waals surface area contributed by atoms with Gasteiger partial charge in [-0.15, -0.1) is 0 Å². The molecule has 1 saturated heterocycles. The quantitative estimate of drug-likeness (QED) is 0.615. The summed E-state index contributed by atoms with van der Waals surface area (Å²) in [6.07, 6.45) is 0.141. The SMILES string of the molecule is CC(C)(C)OC(=O)N1C[C@@H]2C[C@H]1c1c(O)n(-c3ccc(C#N)c(I)c3)c(=O)n12. The number of nitriles is 1. The van der Waals surface area contributed by atoms with Crippen molar-refractivity contribution in [2.24, 2.45) is 0 Å². The number of benzene rings is 1. The Morgan fingerprint density at radius 1 is 1.39 bits per heavy atom. The predicted molar refractivity (Wildman–Crippen MR) is 108 cm³/mol. The number of imidazole rings is 1. The van der Waals surface area contributed by atoms with E-state index < -0.39 is 17.7 Å². The summed E-state index contributed by atoms with van der Waals surface area (Å²) in [6.45, 7) is 5.78. The summed E-state index contributed by atoms with van der Waals surface area (Å²) in [7, 11) is 0. The van der Waals surface area contributed by atoms with Crippen LogP contribution in [0.25, 0.3) is 5.69 Å². The van der Waals surface area contributed by atoms with Gasteiger partial charge in [0.05, 0.1) is 23.3 Å². The van der Waals surface area contributed by atoms with Gasteiger partial charge in [-0.2, -0.15) is 5.26 Å². The number of hydrogen-bond acceptors (Lipinski definition) is 5. The molecule has 0 saturated carbocycles. The van der Waals surface area contributed by atoms with Crippen LogP contribution >= 0.6 is 22.6 Å². The highest BCUT2D eigenvalue weighted by atomic mass is 127. The third-order valence-electron chi connectivity index (χ3n) is 5.02. The van der Waals surface area contributed by atoms with E-state index >= 15 is 0 Å². The van der Waals surface area contributed by atoms with Crippen LogP contribution in [0.1, 0.15) is 50.5 Å². The molecule has 2 atom stereocenters. The van der Waals surface area contributed by atoms with Crippen molar-refractivity contribution < 1.29 is 14.6 Å². The lowest BCUT2D eigenvalue weighted by molar-refractivity contribution is 0.0198. The minimum Gasteiger partial charge on any atom is -0.493 e. The lowest BCUT2D eigenvalue weighted by Crippen LogP contribution is -2.40. The van der Waals surface area contributed by atoms with E-state index in [2.05, 4.69) is 6.07 Å². The van der Waals surface area contributed by atoms with Gasteiger partial charge in [-0.1, -0.05) is 0 Å². The molecule has 2 bridgehead atoms. The van der Waals surface area contributed by atoms with E-state index in [1.54, 1.807) is 48.4 Å². The van der Waals surface area contributed by atoms with Crippen molar-refractivity contribution in [2.45, 2.75) is 44.9 Å². The van der Waals surface area contributed by atoms with E-state index in [1.807, 2.05) is 22.6 Å². The lowest BCUT2D eigenvalue weighted by Gasteiger charge is -2.30. The molecule has 3 heterocycles. The van der Waals surface area contributed by atoms with Crippen molar-refractivity contribution in [2.75, 3.05) is 6.54 Å². The molecular formula is C19H19IN4O4. The van der Waals surface area contributed by atoms with Crippen molar-refractivity contribution in [3.05, 3.63) is 43.5 Å². The molecule has 1 amide bonds. The molecule has 0 spiro atoms. The molecule has 8 nitrogen and oxygen atoms in total. The molecule has 146 valence electrons. The second-order valence-electron chi connectivity index (χ2n) is 8.01. The normalized spacial score (nSPS) is 20.2. The summed E-state index contributed by atoms with van der Waals surface area (Å²) in [6, 6.07) is 6.43. The molecule has 1 fully saturated rings. The number of halogens is 1. The highest BCUT2D eigenvalue weighted by Crippen LogP contribution is 2.49. The monoisotopic (exact) mass is 494 g/mol. The van der Waals surface area contributed by atoms with Crippen LogP contribution < -0.4 is 5.69 Å². The Labute approximate surface area is 175 Å². The fourth-order valence-electron chi connectivity index (χ4n) is 3.94. The minimum atomic E-state index is -0.619. The molecule has 0 aliphatic carbocycles. The number of hydrogen-bond donors (Lipinski definition) is 1. The van der Waals surface area contributed by atoms with Crippen molar-refractivity contribution in [3.8, 4) is 17.6 Å². The maximum absolute atomic E-state index is 13.0. The molecule has 2 aliphatic heterocycles. The third-order valence-corrected chi connectivity index (χ3v) is 5.91. The van der Waals surface area contributed by atoms with Crippen LogP contribution in [0.2, 0.25) is 0 Å². The lowest BCUT2D eigenvalue weighted by atomic mass is 10.2. The van der Waals surface area contributed by atoms with Gasteiger partial charge in [0.25, 0.3) is 0 Å². The van der Waals surface area contributed by atoms with Gasteiger partial charge in [-0.05, 0) is 68.0 Å². The van der Waals surface area contributed by atoms with Crippen LogP contribution in [0.5, 0.6) is 5.88 Å². The second kappa shape index (κ2) is 6.27. The summed E-state index contributed by atoms with van der Waals surface area (Å²) in [5, 5.41) is 19.9. The summed E-state index contributed by atoms with van der Waals surface area (Å²) < 4.78 is 8.97. The molecule has 9 heteroatoms. The molecule has 4 rings (SSSR count). The van der Waals surface area contributed by atoms with Gasteiger partial charge in [-0.3, -0.25) is 9.47 Å². The Kier molecular flexibility index (Phi) is 4.22. The maximum Gasteiger partial charge on any atom is 0.410 e. The first-order valence-electron chi connectivity index (χ1n) is 8.88. The molecule has 0 radical (unpaired) electrons. The minimum absolute atomic E-state index is 0.175. The Balaban J connectivity index is 1.75. The molecular weight excluding hydrogens is 475 g/mol. The third kappa shape index (κ3) is 2.78. The van der Waals surface area contributed by atoms with E-state index in [0.717, 1.165) is 0 Å². The number of carbonyl (C=O) groups is 1. The number of nitrogens with zero attached hydrogens (tertiary/aromatic N) is 4. The van der Waals surface area contributed by atoms with Gasteiger partial charge in [0.15, 0.2) is 0 Å². The van der Waals surface area contributed by atoms with E-state index in [0.29, 0.717) is 33.5 Å². The Morgan fingerprint density at radius 2 is 2.11 bits per heavy atom. The topological polar surface area (TPSA) is 100 Å². The van der Waals surface area contributed by atoms with Crippen molar-refractivity contribution in [1.82, 2.24) is 14.0 Å². The van der Waals surface area contributed by atoms with Crippen LogP contribution in [0.3, 0.4) is 0 Å². The number of ether oxygens (including phenoxy) is 1. The largest absolute Gasteiger partial charge is 0.493 e. The molecule has 1 N–H and O–H groups in total. The number of rotatable bonds is 1. The standard InChI is InChI=1S/C19H19IN4O4/c1-19(2,3)28-18(27)22-9-12-7-14(22)15-16(25)24(17(26)23(12)15)11-5-4-10(8-21)13(20)6-11/h4-6,12,14,25H,7,9H2,1-3H3/t12-,14-/m0/s1. The summed E-state index contributed by atoms with van der Waals surface area (Å²) >= 11 is 2.02. The Morgan fingerprint density at radius 3 is 2.71 bits per heavy atom. The summed E-state index contributed by atoms with van der Waals surface area (Å²) in [5.74, 6) is -0.175. The summed E-state index contributed by atoms with van der Waals surface area (Å²) in [4.78, 5) is 27.1. The zero-order chi connectivity index (χ0) is 20.4. The van der Waals surface area contributed by atoms with Crippen molar-refractivity contribution in [3.63, 3.8) is 0 Å². The fourth-order valence-corrected chi connectivity index (χ4v) is 4.55. The van der Waals surface area contributed by atoms with Gasteiger partial charge in [0.1, 0.15) is 17.4 Å². The molecule has 1 aromatic carbocycles. The number of aromatic nitrogens is 2.